The largest absolute Gasteiger partial charge is 0.416 e. The maximum Gasteiger partial charge on any atom is 0.416 e. The Hall–Kier alpha value is -5.26. The number of benzene rings is 1. The highest BCUT2D eigenvalue weighted by atomic mass is 19.4. The minimum atomic E-state index is -4.46. The molecule has 0 radical (unpaired) electrons. The van der Waals surface area contributed by atoms with Crippen LogP contribution in [0.15, 0.2) is 91.5 Å². The van der Waals surface area contributed by atoms with Gasteiger partial charge in [0, 0.05) is 55.0 Å². The van der Waals surface area contributed by atoms with E-state index in [9.17, 15) is 18.0 Å². The molecule has 0 saturated carbocycles. The molecule has 1 aliphatic heterocycles. The zero-order chi connectivity index (χ0) is 31.4. The molecule has 0 unspecified atom stereocenters. The van der Waals surface area contributed by atoms with E-state index in [1.54, 1.807) is 18.5 Å². The fraction of sp³-hybridized carbons (Fsp3) is 0.242. The van der Waals surface area contributed by atoms with Crippen molar-refractivity contribution in [2.75, 3.05) is 23.7 Å². The fourth-order valence-electron chi connectivity index (χ4n) is 5.32. The number of halogens is 3. The summed E-state index contributed by atoms with van der Waals surface area (Å²) in [7, 11) is 0. The number of likely N-dealkylation sites (tertiary alicyclic amines) is 1. The van der Waals surface area contributed by atoms with Crippen LogP contribution in [0, 0.1) is 6.92 Å². The highest BCUT2D eigenvalue weighted by Crippen LogP contribution is 2.31. The first-order valence-corrected chi connectivity index (χ1v) is 14.6. The Balaban J connectivity index is 1.05. The molecule has 2 N–H and O–H groups in total. The zero-order valence-electron chi connectivity index (χ0n) is 24.5. The number of hydrogen-bond donors (Lipinski definition) is 2. The van der Waals surface area contributed by atoms with Crippen LogP contribution in [0.1, 0.15) is 39.9 Å². The van der Waals surface area contributed by atoms with Crippen molar-refractivity contribution in [1.82, 2.24) is 29.6 Å². The van der Waals surface area contributed by atoms with Gasteiger partial charge >= 0.3 is 6.18 Å². The van der Waals surface area contributed by atoms with E-state index in [1.807, 2.05) is 71.2 Å². The molecule has 1 aliphatic rings. The Bertz CT molecular complexity index is 1770. The van der Waals surface area contributed by atoms with Gasteiger partial charge in [-0.05, 0) is 85.5 Å². The maximum absolute atomic E-state index is 13.2. The minimum Gasteiger partial charge on any atom is -0.367 e. The summed E-state index contributed by atoms with van der Waals surface area (Å²) in [6.45, 7) is 3.78. The second-order valence-corrected chi connectivity index (χ2v) is 11.0. The van der Waals surface area contributed by atoms with Gasteiger partial charge in [-0.15, -0.1) is 0 Å². The number of nitrogens with zero attached hydrogens (tertiary/aromatic N) is 6. The lowest BCUT2D eigenvalue weighted by Gasteiger charge is -2.32. The van der Waals surface area contributed by atoms with Crippen LogP contribution in [0.25, 0.3) is 11.3 Å². The molecule has 5 heterocycles. The third-order valence-corrected chi connectivity index (χ3v) is 7.58. The second-order valence-electron chi connectivity index (χ2n) is 11.0. The molecule has 1 aromatic carbocycles. The maximum atomic E-state index is 13.2. The normalized spacial score (nSPS) is 13.9. The van der Waals surface area contributed by atoms with Crippen LogP contribution in [-0.2, 0) is 12.7 Å². The van der Waals surface area contributed by atoms with Crippen molar-refractivity contribution >= 4 is 23.4 Å². The number of piperidine rings is 1. The summed E-state index contributed by atoms with van der Waals surface area (Å²) >= 11 is 0. The third-order valence-electron chi connectivity index (χ3n) is 7.58. The predicted molar refractivity (Wildman–Crippen MR) is 165 cm³/mol. The number of hydrogen-bond acceptors (Lipinski definition) is 7. The van der Waals surface area contributed by atoms with E-state index in [4.69, 9.17) is 0 Å². The predicted octanol–water partition coefficient (Wildman–Crippen LogP) is 6.57. The van der Waals surface area contributed by atoms with E-state index in [0.717, 1.165) is 47.9 Å². The van der Waals surface area contributed by atoms with Crippen molar-refractivity contribution in [1.29, 1.82) is 0 Å². The van der Waals surface area contributed by atoms with E-state index in [1.165, 1.54) is 0 Å². The summed E-state index contributed by atoms with van der Waals surface area (Å²) in [5.74, 6) is 1.18. The first-order valence-electron chi connectivity index (χ1n) is 14.6. The van der Waals surface area contributed by atoms with Crippen LogP contribution in [0.4, 0.5) is 30.6 Å². The molecule has 1 saturated heterocycles. The average Bonchev–Trinajstić information content (AvgIpc) is 3.54. The summed E-state index contributed by atoms with van der Waals surface area (Å²) in [6.07, 6.45) is 3.58. The molecule has 0 aliphatic carbocycles. The zero-order valence-corrected chi connectivity index (χ0v) is 24.5. The number of carbonyl (C=O) groups excluding carboxylic acids is 1. The molecule has 0 atom stereocenters. The standard InChI is InChI=1S/C33H31F3N8O/c1-22-16-28(41-31(17-22)42-30-19-26(8-12-37-30)33(34,35)36)25-6-7-29(38-20-25)40-27-9-14-43(15-10-27)32(45)24-5-2-4-23(18-24)21-44-13-3-11-39-44/h2-8,11-13,16-20,27H,9-10,14-15,21H2,1H3,(H,38,40)(H,37,41,42). The van der Waals surface area contributed by atoms with Crippen LogP contribution in [0.5, 0.6) is 0 Å². The van der Waals surface area contributed by atoms with Gasteiger partial charge in [0.25, 0.3) is 5.91 Å². The first kappa shape index (κ1) is 29.8. The number of rotatable bonds is 8. The van der Waals surface area contributed by atoms with Crippen LogP contribution in [0.3, 0.4) is 0 Å². The van der Waals surface area contributed by atoms with E-state index >= 15 is 0 Å². The van der Waals surface area contributed by atoms with E-state index in [2.05, 4.69) is 30.7 Å². The Morgan fingerprint density at radius 3 is 2.51 bits per heavy atom. The van der Waals surface area contributed by atoms with Crippen LogP contribution in [0.2, 0.25) is 0 Å². The second kappa shape index (κ2) is 12.8. The molecule has 45 heavy (non-hydrogen) atoms. The van der Waals surface area contributed by atoms with Crippen molar-refractivity contribution in [2.24, 2.45) is 0 Å². The number of carbonyl (C=O) groups is 1. The lowest BCUT2D eigenvalue weighted by atomic mass is 10.0. The number of aryl methyl sites for hydroxylation is 1. The molecular formula is C33H31F3N8O. The van der Waals surface area contributed by atoms with Crippen molar-refractivity contribution in [2.45, 2.75) is 38.5 Å². The van der Waals surface area contributed by atoms with Crippen molar-refractivity contribution in [3.8, 4) is 11.3 Å². The quantitative estimate of drug-likeness (QED) is 0.204. The highest BCUT2D eigenvalue weighted by Gasteiger charge is 2.31. The Kier molecular flexibility index (Phi) is 8.45. The van der Waals surface area contributed by atoms with Gasteiger partial charge in [0.15, 0.2) is 0 Å². The lowest BCUT2D eigenvalue weighted by Crippen LogP contribution is -2.42. The molecule has 12 heteroatoms. The average molecular weight is 613 g/mol. The van der Waals surface area contributed by atoms with Crippen LogP contribution >= 0.6 is 0 Å². The molecule has 5 aromatic rings. The van der Waals surface area contributed by atoms with E-state index in [0.29, 0.717) is 42.5 Å². The van der Waals surface area contributed by atoms with Crippen molar-refractivity contribution < 1.29 is 18.0 Å². The number of nitrogens with one attached hydrogen (secondary N) is 2. The molecule has 6 rings (SSSR count). The molecule has 0 bridgehead atoms. The number of anilines is 3. The van der Waals surface area contributed by atoms with Gasteiger partial charge < -0.3 is 15.5 Å². The minimum absolute atomic E-state index is 0.0293. The number of aromatic nitrogens is 5. The van der Waals surface area contributed by atoms with Gasteiger partial charge in [-0.25, -0.2) is 15.0 Å². The smallest absolute Gasteiger partial charge is 0.367 e. The molecule has 230 valence electrons. The molecule has 1 amide bonds. The van der Waals surface area contributed by atoms with Crippen LogP contribution in [-0.4, -0.2) is 54.7 Å². The Morgan fingerprint density at radius 2 is 1.78 bits per heavy atom. The summed E-state index contributed by atoms with van der Waals surface area (Å²) in [5, 5.41) is 10.6. The molecule has 4 aromatic heterocycles. The van der Waals surface area contributed by atoms with Gasteiger partial charge in [0.2, 0.25) is 0 Å². The molecule has 1 fully saturated rings. The first-order chi connectivity index (χ1) is 21.7. The SMILES string of the molecule is Cc1cc(Nc2cc(C(F)(F)F)ccn2)nc(-c2ccc(NC3CCN(C(=O)c4cccc(Cn5cccn5)c4)CC3)nc2)c1. The molecule has 9 nitrogen and oxygen atoms in total. The van der Waals surface area contributed by atoms with E-state index < -0.39 is 11.7 Å². The number of pyridine rings is 3. The fourth-order valence-corrected chi connectivity index (χ4v) is 5.32. The summed E-state index contributed by atoms with van der Waals surface area (Å²) < 4.78 is 41.2. The number of alkyl halides is 3. The summed E-state index contributed by atoms with van der Waals surface area (Å²) in [4.78, 5) is 28.3. The highest BCUT2D eigenvalue weighted by molar-refractivity contribution is 5.94. The van der Waals surface area contributed by atoms with Crippen molar-refractivity contribution in [3.63, 3.8) is 0 Å². The van der Waals surface area contributed by atoms with Gasteiger partial charge in [0.05, 0.1) is 17.8 Å². The lowest BCUT2D eigenvalue weighted by molar-refractivity contribution is -0.137. The molecular weight excluding hydrogens is 581 g/mol. The Morgan fingerprint density at radius 1 is 0.933 bits per heavy atom. The summed E-state index contributed by atoms with van der Waals surface area (Å²) in [6, 6.07) is 19.0. The van der Waals surface area contributed by atoms with E-state index in [-0.39, 0.29) is 17.8 Å². The topological polar surface area (TPSA) is 101 Å². The molecule has 0 spiro atoms. The van der Waals surface area contributed by atoms with Gasteiger partial charge in [-0.1, -0.05) is 12.1 Å². The third kappa shape index (κ3) is 7.46. The van der Waals surface area contributed by atoms with Gasteiger partial charge in [0.1, 0.15) is 17.5 Å². The van der Waals surface area contributed by atoms with Gasteiger partial charge in [-0.3, -0.25) is 9.48 Å². The monoisotopic (exact) mass is 612 g/mol. The van der Waals surface area contributed by atoms with Crippen molar-refractivity contribution in [3.05, 3.63) is 114 Å². The number of amides is 1. The van der Waals surface area contributed by atoms with Crippen LogP contribution < -0.4 is 10.6 Å². The summed E-state index contributed by atoms with van der Waals surface area (Å²) in [5.41, 5.74) is 3.19. The van der Waals surface area contributed by atoms with Gasteiger partial charge in [-0.2, -0.15) is 18.3 Å². The Labute approximate surface area is 258 Å².